The van der Waals surface area contributed by atoms with Crippen molar-refractivity contribution in [3.63, 3.8) is 0 Å². The predicted octanol–water partition coefficient (Wildman–Crippen LogP) is 2.72. The van der Waals surface area contributed by atoms with E-state index in [4.69, 9.17) is 0 Å². The van der Waals surface area contributed by atoms with E-state index in [1.807, 2.05) is 6.07 Å². The van der Waals surface area contributed by atoms with Gasteiger partial charge in [-0.1, -0.05) is 13.0 Å². The van der Waals surface area contributed by atoms with Crippen LogP contribution in [-0.2, 0) is 12.8 Å². The van der Waals surface area contributed by atoms with Crippen LogP contribution in [0.2, 0.25) is 0 Å². The van der Waals surface area contributed by atoms with Crippen LogP contribution in [0.15, 0.2) is 18.2 Å². The Morgan fingerprint density at radius 2 is 2.21 bits per heavy atom. The number of nitro benzene ring substituents is 1. The van der Waals surface area contributed by atoms with Gasteiger partial charge in [0.2, 0.25) is 0 Å². The van der Waals surface area contributed by atoms with Gasteiger partial charge in [0.1, 0.15) is 0 Å². The maximum Gasteiger partial charge on any atom is 0.269 e. The van der Waals surface area contributed by atoms with Crippen LogP contribution in [0.1, 0.15) is 24.5 Å². The van der Waals surface area contributed by atoms with Gasteiger partial charge in [-0.3, -0.25) is 10.1 Å². The highest BCUT2D eigenvalue weighted by molar-refractivity contribution is 5.41. The molecule has 0 spiro atoms. The first-order chi connectivity index (χ1) is 6.66. The summed E-state index contributed by atoms with van der Waals surface area (Å²) in [4.78, 5) is 10.2. The topological polar surface area (TPSA) is 43.1 Å². The molecule has 14 heavy (non-hydrogen) atoms. The van der Waals surface area contributed by atoms with Gasteiger partial charge < -0.3 is 0 Å². The Morgan fingerprint density at radius 1 is 1.43 bits per heavy atom. The second kappa shape index (κ2) is 3.40. The molecule has 3 heteroatoms. The second-order valence-electron chi connectivity index (χ2n) is 4.06. The Kier molecular flexibility index (Phi) is 2.23. The van der Waals surface area contributed by atoms with Gasteiger partial charge in [0.05, 0.1) is 4.92 Å². The van der Waals surface area contributed by atoms with Crippen molar-refractivity contribution >= 4 is 5.69 Å². The van der Waals surface area contributed by atoms with Crippen molar-refractivity contribution in [2.75, 3.05) is 0 Å². The van der Waals surface area contributed by atoms with Gasteiger partial charge in [-0.25, -0.2) is 0 Å². The zero-order valence-electron chi connectivity index (χ0n) is 8.19. The van der Waals surface area contributed by atoms with Gasteiger partial charge in [0, 0.05) is 12.1 Å². The molecule has 0 fully saturated rings. The lowest BCUT2D eigenvalue weighted by Gasteiger charge is -2.20. The van der Waals surface area contributed by atoms with Crippen molar-refractivity contribution in [1.82, 2.24) is 0 Å². The first-order valence-corrected chi connectivity index (χ1v) is 4.93. The average molecular weight is 191 g/mol. The fourth-order valence-electron chi connectivity index (χ4n) is 2.04. The zero-order chi connectivity index (χ0) is 10.1. The molecule has 0 aromatic heterocycles. The minimum atomic E-state index is -0.321. The molecule has 0 radical (unpaired) electrons. The van der Waals surface area contributed by atoms with Crippen LogP contribution >= 0.6 is 0 Å². The Bertz CT molecular complexity index is 374. The smallest absolute Gasteiger partial charge is 0.258 e. The van der Waals surface area contributed by atoms with Crippen molar-refractivity contribution in [2.24, 2.45) is 5.92 Å². The Morgan fingerprint density at radius 3 is 2.93 bits per heavy atom. The van der Waals surface area contributed by atoms with Crippen LogP contribution in [0.4, 0.5) is 5.69 Å². The lowest BCUT2D eigenvalue weighted by atomic mass is 9.85. The Hall–Kier alpha value is -1.38. The van der Waals surface area contributed by atoms with E-state index in [-0.39, 0.29) is 10.6 Å². The third kappa shape index (κ3) is 1.62. The van der Waals surface area contributed by atoms with Gasteiger partial charge in [-0.15, -0.1) is 0 Å². The van der Waals surface area contributed by atoms with Crippen LogP contribution in [0.25, 0.3) is 0 Å². The monoisotopic (exact) mass is 191 g/mol. The standard InChI is InChI=1S/C11H13NO2/c1-8-2-3-10-7-11(12(13)14)5-4-9(10)6-8/h4-5,7-8H,2-3,6H2,1H3. The summed E-state index contributed by atoms with van der Waals surface area (Å²) >= 11 is 0. The van der Waals surface area contributed by atoms with Crippen LogP contribution in [-0.4, -0.2) is 4.92 Å². The van der Waals surface area contributed by atoms with Crippen molar-refractivity contribution < 1.29 is 4.92 Å². The number of nitrogens with zero attached hydrogens (tertiary/aromatic N) is 1. The third-order valence-corrected chi connectivity index (χ3v) is 2.88. The maximum absolute atomic E-state index is 10.6. The molecule has 0 heterocycles. The van der Waals surface area contributed by atoms with E-state index >= 15 is 0 Å². The summed E-state index contributed by atoms with van der Waals surface area (Å²) in [5.74, 6) is 0.712. The van der Waals surface area contributed by atoms with Gasteiger partial charge in [0.25, 0.3) is 5.69 Å². The van der Waals surface area contributed by atoms with Crippen molar-refractivity contribution in [3.05, 3.63) is 39.4 Å². The summed E-state index contributed by atoms with van der Waals surface area (Å²) in [5, 5.41) is 10.6. The molecule has 0 amide bonds. The zero-order valence-corrected chi connectivity index (χ0v) is 8.19. The van der Waals surface area contributed by atoms with Crippen LogP contribution in [0.3, 0.4) is 0 Å². The number of benzene rings is 1. The quantitative estimate of drug-likeness (QED) is 0.506. The van der Waals surface area contributed by atoms with Gasteiger partial charge in [-0.2, -0.15) is 0 Å². The largest absolute Gasteiger partial charge is 0.269 e. The van der Waals surface area contributed by atoms with E-state index in [9.17, 15) is 10.1 Å². The second-order valence-corrected chi connectivity index (χ2v) is 4.06. The summed E-state index contributed by atoms with van der Waals surface area (Å²) in [6.45, 7) is 2.23. The first kappa shape index (κ1) is 9.19. The molecule has 0 bridgehead atoms. The fourth-order valence-corrected chi connectivity index (χ4v) is 2.04. The molecule has 1 aliphatic carbocycles. The Balaban J connectivity index is 2.36. The highest BCUT2D eigenvalue weighted by Crippen LogP contribution is 2.27. The molecule has 0 saturated heterocycles. The minimum absolute atomic E-state index is 0.221. The van der Waals surface area contributed by atoms with Crippen molar-refractivity contribution in [3.8, 4) is 0 Å². The molecular formula is C11H13NO2. The molecule has 0 aliphatic heterocycles. The molecule has 74 valence electrons. The highest BCUT2D eigenvalue weighted by Gasteiger charge is 2.17. The van der Waals surface area contributed by atoms with Crippen molar-refractivity contribution in [1.29, 1.82) is 0 Å². The lowest BCUT2D eigenvalue weighted by Crippen LogP contribution is -2.11. The fraction of sp³-hybridized carbons (Fsp3) is 0.455. The van der Waals surface area contributed by atoms with E-state index in [2.05, 4.69) is 6.92 Å². The summed E-state index contributed by atoms with van der Waals surface area (Å²) in [7, 11) is 0. The number of hydrogen-bond donors (Lipinski definition) is 0. The number of nitro groups is 1. The highest BCUT2D eigenvalue weighted by atomic mass is 16.6. The van der Waals surface area contributed by atoms with Crippen LogP contribution < -0.4 is 0 Å². The number of fused-ring (bicyclic) bond motifs is 1. The molecule has 3 nitrogen and oxygen atoms in total. The Labute approximate surface area is 82.9 Å². The molecule has 0 saturated carbocycles. The number of aryl methyl sites for hydroxylation is 1. The molecule has 1 aliphatic rings. The SMILES string of the molecule is CC1CCc2cc([N+](=O)[O-])ccc2C1. The van der Waals surface area contributed by atoms with Gasteiger partial charge >= 0.3 is 0 Å². The molecule has 1 aromatic carbocycles. The molecule has 1 unspecified atom stereocenters. The maximum atomic E-state index is 10.6. The molecule has 2 rings (SSSR count). The number of non-ortho nitro benzene ring substituents is 1. The number of hydrogen-bond acceptors (Lipinski definition) is 2. The van der Waals surface area contributed by atoms with Crippen molar-refractivity contribution in [2.45, 2.75) is 26.2 Å². The summed E-state index contributed by atoms with van der Waals surface area (Å²) < 4.78 is 0. The van der Waals surface area contributed by atoms with E-state index in [1.165, 1.54) is 5.56 Å². The average Bonchev–Trinajstić information content (AvgIpc) is 2.16. The molecular weight excluding hydrogens is 178 g/mol. The predicted molar refractivity (Wildman–Crippen MR) is 54.3 cm³/mol. The van der Waals surface area contributed by atoms with E-state index in [1.54, 1.807) is 12.1 Å². The van der Waals surface area contributed by atoms with Crippen LogP contribution in [0.5, 0.6) is 0 Å². The summed E-state index contributed by atoms with van der Waals surface area (Å²) in [6.07, 6.45) is 3.19. The summed E-state index contributed by atoms with van der Waals surface area (Å²) in [6, 6.07) is 5.24. The van der Waals surface area contributed by atoms with Gasteiger partial charge in [0.15, 0.2) is 0 Å². The minimum Gasteiger partial charge on any atom is -0.258 e. The van der Waals surface area contributed by atoms with Crippen LogP contribution in [0, 0.1) is 16.0 Å². The summed E-state index contributed by atoms with van der Waals surface area (Å²) in [5.41, 5.74) is 2.67. The van der Waals surface area contributed by atoms with E-state index < -0.39 is 0 Å². The third-order valence-electron chi connectivity index (χ3n) is 2.88. The lowest BCUT2D eigenvalue weighted by molar-refractivity contribution is -0.384. The molecule has 1 aromatic rings. The first-order valence-electron chi connectivity index (χ1n) is 4.93. The van der Waals surface area contributed by atoms with E-state index in [0.717, 1.165) is 24.8 Å². The van der Waals surface area contributed by atoms with Gasteiger partial charge in [-0.05, 0) is 36.3 Å². The molecule has 1 atom stereocenters. The normalized spacial score (nSPS) is 20.2. The van der Waals surface area contributed by atoms with E-state index in [0.29, 0.717) is 5.92 Å². The number of rotatable bonds is 1. The molecule has 0 N–H and O–H groups in total.